The number of sulfonamides is 1. The van der Waals surface area contributed by atoms with E-state index >= 15 is 0 Å². The summed E-state index contributed by atoms with van der Waals surface area (Å²) in [6, 6.07) is 1.19. The lowest BCUT2D eigenvalue weighted by Gasteiger charge is -2.32. The predicted molar refractivity (Wildman–Crippen MR) is 80.6 cm³/mol. The van der Waals surface area contributed by atoms with Crippen molar-refractivity contribution in [3.63, 3.8) is 0 Å². The van der Waals surface area contributed by atoms with Crippen LogP contribution in [0.3, 0.4) is 0 Å². The van der Waals surface area contributed by atoms with Gasteiger partial charge >= 0.3 is 0 Å². The second-order valence-electron chi connectivity index (χ2n) is 5.09. The van der Waals surface area contributed by atoms with E-state index in [1.165, 1.54) is 12.3 Å². The molecule has 1 unspecified atom stereocenters. The average molecular weight is 333 g/mol. The monoisotopic (exact) mass is 332 g/mol. The summed E-state index contributed by atoms with van der Waals surface area (Å²) in [4.78, 5) is 17.9. The van der Waals surface area contributed by atoms with Crippen LogP contribution in [0, 0.1) is 0 Å². The zero-order chi connectivity index (χ0) is 15.6. The number of likely N-dealkylation sites (tertiary alicyclic amines) is 1. The Morgan fingerprint density at radius 1 is 1.57 bits per heavy atom. The number of halogens is 1. The number of amides is 1. The Labute approximate surface area is 128 Å². The predicted octanol–water partition coefficient (Wildman–Crippen LogP) is 0.471. The number of nitrogens with two attached hydrogens (primary N) is 1. The van der Waals surface area contributed by atoms with E-state index in [9.17, 15) is 13.2 Å². The maximum absolute atomic E-state index is 12.5. The fourth-order valence-corrected chi connectivity index (χ4v) is 3.33. The number of pyridine rings is 1. The van der Waals surface area contributed by atoms with E-state index < -0.39 is 10.0 Å². The third kappa shape index (κ3) is 4.29. The molecule has 2 heterocycles. The number of rotatable bonds is 3. The molecule has 1 aliphatic rings. The normalized spacial score (nSPS) is 19.5. The van der Waals surface area contributed by atoms with E-state index in [1.54, 1.807) is 4.90 Å². The highest BCUT2D eigenvalue weighted by Gasteiger charge is 2.27. The minimum Gasteiger partial charge on any atom is -0.397 e. The van der Waals surface area contributed by atoms with Gasteiger partial charge in [-0.15, -0.1) is 0 Å². The number of nitrogen functional groups attached to an aromatic ring is 1. The lowest BCUT2D eigenvalue weighted by atomic mass is 10.1. The first-order valence-corrected chi connectivity index (χ1v) is 8.71. The Morgan fingerprint density at radius 3 is 2.95 bits per heavy atom. The third-order valence-electron chi connectivity index (χ3n) is 3.18. The van der Waals surface area contributed by atoms with Crippen LogP contribution in [-0.2, 0) is 10.0 Å². The highest BCUT2D eigenvalue weighted by atomic mass is 35.5. The van der Waals surface area contributed by atoms with Crippen molar-refractivity contribution in [3.05, 3.63) is 23.0 Å². The molecule has 0 bridgehead atoms. The summed E-state index contributed by atoms with van der Waals surface area (Å²) in [5.41, 5.74) is 6.21. The summed E-state index contributed by atoms with van der Waals surface area (Å²) in [5, 5.41) is 0.0902. The Bertz CT molecular complexity index is 650. The fourth-order valence-electron chi connectivity index (χ4n) is 2.35. The number of hydrogen-bond donors (Lipinski definition) is 2. The van der Waals surface area contributed by atoms with Gasteiger partial charge in [0, 0.05) is 19.1 Å². The van der Waals surface area contributed by atoms with Crippen molar-refractivity contribution in [2.45, 2.75) is 18.9 Å². The van der Waals surface area contributed by atoms with Gasteiger partial charge in [-0.3, -0.25) is 4.79 Å². The molecule has 1 atom stereocenters. The summed E-state index contributed by atoms with van der Waals surface area (Å²) in [6.45, 7) is 0.850. The van der Waals surface area contributed by atoms with Gasteiger partial charge in [0.15, 0.2) is 0 Å². The quantitative estimate of drug-likeness (QED) is 0.783. The van der Waals surface area contributed by atoms with Crippen molar-refractivity contribution in [3.8, 4) is 0 Å². The second-order valence-corrected chi connectivity index (χ2v) is 7.23. The number of nitrogens with one attached hydrogen (secondary N) is 1. The van der Waals surface area contributed by atoms with Gasteiger partial charge in [-0.25, -0.2) is 18.1 Å². The largest absolute Gasteiger partial charge is 0.397 e. The summed E-state index contributed by atoms with van der Waals surface area (Å²) in [5.74, 6) is -0.292. The van der Waals surface area contributed by atoms with Gasteiger partial charge in [0.05, 0.1) is 23.7 Å². The molecule has 0 radical (unpaired) electrons. The lowest BCUT2D eigenvalue weighted by Crippen LogP contribution is -2.49. The zero-order valence-electron chi connectivity index (χ0n) is 11.5. The van der Waals surface area contributed by atoms with Crippen LogP contribution in [0.5, 0.6) is 0 Å². The Morgan fingerprint density at radius 2 is 2.29 bits per heavy atom. The van der Waals surface area contributed by atoms with Crippen LogP contribution in [-0.4, -0.2) is 49.6 Å². The number of carbonyl (C=O) groups excluding carboxylic acids is 1. The highest BCUT2D eigenvalue weighted by Crippen LogP contribution is 2.20. The van der Waals surface area contributed by atoms with Gasteiger partial charge < -0.3 is 10.6 Å². The Balaban J connectivity index is 2.14. The molecule has 116 valence electrons. The molecule has 1 fully saturated rings. The number of aromatic nitrogens is 1. The molecule has 0 aliphatic carbocycles. The molecular weight excluding hydrogens is 316 g/mol. The van der Waals surface area contributed by atoms with Gasteiger partial charge in [0.25, 0.3) is 5.91 Å². The van der Waals surface area contributed by atoms with Crippen LogP contribution in [0.4, 0.5) is 5.69 Å². The van der Waals surface area contributed by atoms with Gasteiger partial charge in [0.1, 0.15) is 5.15 Å². The van der Waals surface area contributed by atoms with E-state index in [0.717, 1.165) is 6.26 Å². The molecule has 3 N–H and O–H groups in total. The van der Waals surface area contributed by atoms with Crippen LogP contribution >= 0.6 is 11.6 Å². The van der Waals surface area contributed by atoms with Crippen molar-refractivity contribution in [1.29, 1.82) is 0 Å². The SMILES string of the molecule is CS(=O)(=O)NC1CCCN(C(=O)c2cc(N)cnc2Cl)C1. The van der Waals surface area contributed by atoms with Crippen LogP contribution in [0.15, 0.2) is 12.3 Å². The first-order valence-electron chi connectivity index (χ1n) is 6.44. The van der Waals surface area contributed by atoms with Crippen LogP contribution in [0.1, 0.15) is 23.2 Å². The number of hydrogen-bond acceptors (Lipinski definition) is 5. The smallest absolute Gasteiger partial charge is 0.257 e. The van der Waals surface area contributed by atoms with Crippen LogP contribution < -0.4 is 10.5 Å². The molecule has 0 saturated carbocycles. The lowest BCUT2D eigenvalue weighted by molar-refractivity contribution is 0.0703. The van der Waals surface area contributed by atoms with E-state index in [1.807, 2.05) is 0 Å². The Hall–Kier alpha value is -1.38. The summed E-state index contributed by atoms with van der Waals surface area (Å²) in [7, 11) is -3.30. The number of piperidine rings is 1. The van der Waals surface area contributed by atoms with Crippen molar-refractivity contribution < 1.29 is 13.2 Å². The van der Waals surface area contributed by atoms with Crippen molar-refractivity contribution >= 4 is 33.2 Å². The number of anilines is 1. The maximum atomic E-state index is 12.5. The molecule has 2 rings (SSSR count). The van der Waals surface area contributed by atoms with Crippen molar-refractivity contribution in [2.75, 3.05) is 25.1 Å². The van der Waals surface area contributed by atoms with E-state index in [-0.39, 0.29) is 22.7 Å². The van der Waals surface area contributed by atoms with E-state index in [4.69, 9.17) is 17.3 Å². The molecule has 1 saturated heterocycles. The van der Waals surface area contributed by atoms with Gasteiger partial charge in [-0.2, -0.15) is 0 Å². The van der Waals surface area contributed by atoms with Crippen LogP contribution in [0.25, 0.3) is 0 Å². The Kier molecular flexibility index (Phi) is 4.70. The molecule has 1 aromatic heterocycles. The maximum Gasteiger partial charge on any atom is 0.257 e. The zero-order valence-corrected chi connectivity index (χ0v) is 13.1. The molecule has 1 amide bonds. The minimum atomic E-state index is -3.30. The first kappa shape index (κ1) is 16.0. The molecular formula is C12H17ClN4O3S. The summed E-state index contributed by atoms with van der Waals surface area (Å²) >= 11 is 5.93. The molecule has 0 aromatic carbocycles. The molecule has 1 aliphatic heterocycles. The molecule has 9 heteroatoms. The van der Waals surface area contributed by atoms with E-state index in [0.29, 0.717) is 31.6 Å². The van der Waals surface area contributed by atoms with Crippen LogP contribution in [0.2, 0.25) is 5.15 Å². The third-order valence-corrected chi connectivity index (χ3v) is 4.24. The molecule has 1 aromatic rings. The molecule has 21 heavy (non-hydrogen) atoms. The fraction of sp³-hybridized carbons (Fsp3) is 0.500. The standard InChI is InChI=1S/C12H17ClN4O3S/c1-21(19,20)16-9-3-2-4-17(7-9)12(18)10-5-8(14)6-15-11(10)13/h5-6,9,16H,2-4,7,14H2,1H3. The molecule has 7 nitrogen and oxygen atoms in total. The molecule has 0 spiro atoms. The van der Waals surface area contributed by atoms with Crippen molar-refractivity contribution in [2.24, 2.45) is 0 Å². The summed E-state index contributed by atoms with van der Waals surface area (Å²) < 4.78 is 25.1. The average Bonchev–Trinajstić information content (AvgIpc) is 2.39. The highest BCUT2D eigenvalue weighted by molar-refractivity contribution is 7.88. The summed E-state index contributed by atoms with van der Waals surface area (Å²) in [6.07, 6.45) is 3.89. The van der Waals surface area contributed by atoms with E-state index in [2.05, 4.69) is 9.71 Å². The van der Waals surface area contributed by atoms with Gasteiger partial charge in [-0.1, -0.05) is 11.6 Å². The topological polar surface area (TPSA) is 105 Å². The van der Waals surface area contributed by atoms with Gasteiger partial charge in [0.2, 0.25) is 10.0 Å². The number of carbonyl (C=O) groups is 1. The van der Waals surface area contributed by atoms with Crippen molar-refractivity contribution in [1.82, 2.24) is 14.6 Å². The van der Waals surface area contributed by atoms with Gasteiger partial charge in [-0.05, 0) is 18.9 Å². The second kappa shape index (κ2) is 6.17. The number of nitrogens with zero attached hydrogens (tertiary/aromatic N) is 2. The first-order chi connectivity index (χ1) is 9.76. The minimum absolute atomic E-state index is 0.0902.